The molecule has 0 amide bonds. The summed E-state index contributed by atoms with van der Waals surface area (Å²) in [6.07, 6.45) is 7.49. The Morgan fingerprint density at radius 3 is 2.95 bits per heavy atom. The topological polar surface area (TPSA) is 62.2 Å². The van der Waals surface area contributed by atoms with Gasteiger partial charge < -0.3 is 10.4 Å². The van der Waals surface area contributed by atoms with Crippen molar-refractivity contribution in [3.8, 4) is 0 Å². The molecule has 1 heterocycles. The molecule has 20 heavy (non-hydrogen) atoms. The number of aromatic carboxylic acids is 1. The number of pyridine rings is 1. The molecular formula is C15H22N2O2S. The first-order chi connectivity index (χ1) is 9.63. The van der Waals surface area contributed by atoms with E-state index in [4.69, 9.17) is 0 Å². The van der Waals surface area contributed by atoms with Crippen LogP contribution in [-0.2, 0) is 6.42 Å². The Morgan fingerprint density at radius 1 is 1.50 bits per heavy atom. The molecule has 4 nitrogen and oxygen atoms in total. The Balaban J connectivity index is 2.19. The van der Waals surface area contributed by atoms with Crippen LogP contribution in [0.3, 0.4) is 0 Å². The van der Waals surface area contributed by atoms with E-state index < -0.39 is 5.97 Å². The largest absolute Gasteiger partial charge is 0.478 e. The highest BCUT2D eigenvalue weighted by molar-refractivity contribution is 7.99. The van der Waals surface area contributed by atoms with Crippen LogP contribution < -0.4 is 5.32 Å². The van der Waals surface area contributed by atoms with Gasteiger partial charge in [-0.3, -0.25) is 0 Å². The second-order valence-electron chi connectivity index (χ2n) is 5.24. The lowest BCUT2D eigenvalue weighted by Crippen LogP contribution is -2.26. The number of carboxylic acid groups (broad SMARTS) is 1. The molecule has 1 fully saturated rings. The van der Waals surface area contributed by atoms with Crippen LogP contribution in [0, 0.1) is 0 Å². The van der Waals surface area contributed by atoms with Crippen LogP contribution in [0.25, 0.3) is 0 Å². The molecule has 0 saturated heterocycles. The van der Waals surface area contributed by atoms with Crippen molar-refractivity contribution in [2.45, 2.75) is 50.3 Å². The Hall–Kier alpha value is -1.23. The van der Waals surface area contributed by atoms with Crippen molar-refractivity contribution in [3.63, 3.8) is 0 Å². The summed E-state index contributed by atoms with van der Waals surface area (Å²) in [4.78, 5) is 15.8. The third-order valence-electron chi connectivity index (χ3n) is 3.72. The number of thioether (sulfide) groups is 1. The molecule has 0 aliphatic heterocycles. The maximum Gasteiger partial charge on any atom is 0.335 e. The molecule has 1 aromatic heterocycles. The highest BCUT2D eigenvalue weighted by Gasteiger charge is 2.26. The maximum absolute atomic E-state index is 11.2. The predicted octanol–water partition coefficient (Wildman–Crippen LogP) is 3.43. The van der Waals surface area contributed by atoms with Crippen molar-refractivity contribution in [1.29, 1.82) is 0 Å². The fourth-order valence-electron chi connectivity index (χ4n) is 2.73. The van der Waals surface area contributed by atoms with Crippen LogP contribution in [0.1, 0.15) is 48.7 Å². The molecule has 110 valence electrons. The first-order valence-corrected chi connectivity index (χ1v) is 8.46. The van der Waals surface area contributed by atoms with E-state index >= 15 is 0 Å². The average Bonchev–Trinajstić information content (AvgIpc) is 2.86. The highest BCUT2D eigenvalue weighted by atomic mass is 32.2. The first-order valence-electron chi connectivity index (χ1n) is 7.17. The molecule has 2 unspecified atom stereocenters. The minimum Gasteiger partial charge on any atom is -0.478 e. The number of hydrogen-bond acceptors (Lipinski definition) is 4. The zero-order valence-corrected chi connectivity index (χ0v) is 12.9. The highest BCUT2D eigenvalue weighted by Crippen LogP contribution is 2.30. The van der Waals surface area contributed by atoms with Crippen molar-refractivity contribution in [2.75, 3.05) is 11.6 Å². The van der Waals surface area contributed by atoms with E-state index in [0.717, 1.165) is 25.0 Å². The van der Waals surface area contributed by atoms with Crippen LogP contribution >= 0.6 is 11.8 Å². The molecule has 1 saturated carbocycles. The summed E-state index contributed by atoms with van der Waals surface area (Å²) in [5, 5.41) is 13.2. The lowest BCUT2D eigenvalue weighted by Gasteiger charge is -2.20. The van der Waals surface area contributed by atoms with Gasteiger partial charge in [-0.15, -0.1) is 0 Å². The molecule has 1 aromatic rings. The van der Waals surface area contributed by atoms with Crippen molar-refractivity contribution in [3.05, 3.63) is 23.4 Å². The van der Waals surface area contributed by atoms with Gasteiger partial charge in [0.2, 0.25) is 0 Å². The van der Waals surface area contributed by atoms with Gasteiger partial charge in [0, 0.05) is 17.0 Å². The van der Waals surface area contributed by atoms with Crippen molar-refractivity contribution in [2.24, 2.45) is 0 Å². The number of aryl methyl sites for hydroxylation is 1. The van der Waals surface area contributed by atoms with E-state index in [1.54, 1.807) is 12.1 Å². The molecule has 0 spiro atoms. The number of nitrogens with zero attached hydrogens (tertiary/aromatic N) is 1. The Kier molecular flexibility index (Phi) is 5.29. The quantitative estimate of drug-likeness (QED) is 0.841. The zero-order valence-electron chi connectivity index (χ0n) is 12.1. The van der Waals surface area contributed by atoms with E-state index in [1.807, 2.05) is 11.8 Å². The Labute approximate surface area is 124 Å². The number of carbonyl (C=O) groups is 1. The van der Waals surface area contributed by atoms with E-state index in [1.165, 1.54) is 12.8 Å². The fourth-order valence-corrected chi connectivity index (χ4v) is 3.67. The molecule has 2 atom stereocenters. The van der Waals surface area contributed by atoms with Crippen molar-refractivity contribution < 1.29 is 9.90 Å². The molecule has 5 heteroatoms. The summed E-state index contributed by atoms with van der Waals surface area (Å²) >= 11 is 1.88. The summed E-state index contributed by atoms with van der Waals surface area (Å²) in [7, 11) is 0. The first kappa shape index (κ1) is 15.2. The monoisotopic (exact) mass is 294 g/mol. The number of carboxylic acids is 1. The number of aromatic nitrogens is 1. The number of nitrogens with one attached hydrogen (secondary N) is 1. The minimum absolute atomic E-state index is 0.324. The third kappa shape index (κ3) is 3.66. The molecule has 0 bridgehead atoms. The van der Waals surface area contributed by atoms with Gasteiger partial charge in [0.1, 0.15) is 5.82 Å². The normalized spacial score (nSPS) is 21.9. The summed E-state index contributed by atoms with van der Waals surface area (Å²) < 4.78 is 0. The van der Waals surface area contributed by atoms with Gasteiger partial charge >= 0.3 is 5.97 Å². The second-order valence-corrected chi connectivity index (χ2v) is 6.32. The Morgan fingerprint density at radius 2 is 2.30 bits per heavy atom. The number of hydrogen-bond donors (Lipinski definition) is 2. The predicted molar refractivity (Wildman–Crippen MR) is 83.8 cm³/mol. The SMILES string of the molecule is CCCc1cc(C(=O)O)cc(NC2CCCC2SC)n1. The third-order valence-corrected chi connectivity index (χ3v) is 4.89. The van der Waals surface area contributed by atoms with Gasteiger partial charge in [0.05, 0.1) is 5.56 Å². The van der Waals surface area contributed by atoms with Gasteiger partial charge in [-0.1, -0.05) is 19.8 Å². The summed E-state index contributed by atoms with van der Waals surface area (Å²) in [6, 6.07) is 3.73. The average molecular weight is 294 g/mol. The minimum atomic E-state index is -0.888. The van der Waals surface area contributed by atoms with Gasteiger partial charge in [0.15, 0.2) is 0 Å². The molecule has 1 aliphatic carbocycles. The van der Waals surface area contributed by atoms with Gasteiger partial charge in [-0.25, -0.2) is 9.78 Å². The van der Waals surface area contributed by atoms with Gasteiger partial charge in [-0.2, -0.15) is 11.8 Å². The van der Waals surface area contributed by atoms with Crippen molar-refractivity contribution in [1.82, 2.24) is 4.98 Å². The van der Waals surface area contributed by atoms with E-state index in [9.17, 15) is 9.90 Å². The van der Waals surface area contributed by atoms with Crippen LogP contribution in [-0.4, -0.2) is 33.6 Å². The molecule has 0 radical (unpaired) electrons. The molecular weight excluding hydrogens is 272 g/mol. The van der Waals surface area contributed by atoms with E-state index in [2.05, 4.69) is 23.5 Å². The van der Waals surface area contributed by atoms with E-state index in [-0.39, 0.29) is 0 Å². The van der Waals surface area contributed by atoms with Gasteiger partial charge in [-0.05, 0) is 37.7 Å². The standard InChI is InChI=1S/C15H22N2O2S/c1-3-5-11-8-10(15(18)19)9-14(16-11)17-12-6-4-7-13(12)20-2/h8-9,12-13H,3-7H2,1-2H3,(H,16,17)(H,18,19). The molecule has 2 rings (SSSR count). The lowest BCUT2D eigenvalue weighted by atomic mass is 10.1. The smallest absolute Gasteiger partial charge is 0.335 e. The summed E-state index contributed by atoms with van der Waals surface area (Å²) in [6.45, 7) is 2.07. The maximum atomic E-state index is 11.2. The second kappa shape index (κ2) is 6.97. The van der Waals surface area contributed by atoms with Crippen molar-refractivity contribution >= 4 is 23.5 Å². The lowest BCUT2D eigenvalue weighted by molar-refractivity contribution is 0.0696. The number of rotatable bonds is 6. The molecule has 1 aliphatic rings. The Bertz CT molecular complexity index is 479. The number of anilines is 1. The van der Waals surface area contributed by atoms with Crippen LogP contribution in [0.2, 0.25) is 0 Å². The molecule has 2 N–H and O–H groups in total. The van der Waals surface area contributed by atoms with Crippen LogP contribution in [0.15, 0.2) is 12.1 Å². The molecule has 0 aromatic carbocycles. The fraction of sp³-hybridized carbons (Fsp3) is 0.600. The summed E-state index contributed by atoms with van der Waals surface area (Å²) in [5.41, 5.74) is 1.18. The summed E-state index contributed by atoms with van der Waals surface area (Å²) in [5.74, 6) is -0.181. The zero-order chi connectivity index (χ0) is 14.5. The van der Waals surface area contributed by atoms with Gasteiger partial charge in [0.25, 0.3) is 0 Å². The van der Waals surface area contributed by atoms with Crippen LogP contribution in [0.5, 0.6) is 0 Å². The van der Waals surface area contributed by atoms with E-state index in [0.29, 0.717) is 22.7 Å². The van der Waals surface area contributed by atoms with Crippen LogP contribution in [0.4, 0.5) is 5.82 Å².